The third kappa shape index (κ3) is 11.1. The highest BCUT2D eigenvalue weighted by Crippen LogP contribution is 1.97. The molecule has 0 saturated heterocycles. The number of hydrogen-bond acceptors (Lipinski definition) is 3. The molecule has 15 heavy (non-hydrogen) atoms. The average Bonchev–Trinajstić information content (AvgIpc) is 2.10. The van der Waals surface area contributed by atoms with E-state index in [1.807, 2.05) is 6.92 Å². The SMILES string of the molecule is CCCCOOC(=O)CC#C[Si](C)(C)C. The Hall–Kier alpha value is -0.793. The summed E-state index contributed by atoms with van der Waals surface area (Å²) in [6.07, 6.45) is 2.04. The minimum Gasteiger partial charge on any atom is -0.297 e. The van der Waals surface area contributed by atoms with Gasteiger partial charge in [0, 0.05) is 0 Å². The molecule has 0 aromatic heterocycles. The second kappa shape index (κ2) is 7.49. The number of hydrogen-bond donors (Lipinski definition) is 0. The lowest BCUT2D eigenvalue weighted by atomic mass is 10.4. The molecule has 86 valence electrons. The maximum atomic E-state index is 11.1. The van der Waals surface area contributed by atoms with E-state index in [1.54, 1.807) is 0 Å². The van der Waals surface area contributed by atoms with E-state index < -0.39 is 14.0 Å². The summed E-state index contributed by atoms with van der Waals surface area (Å²) in [5.74, 6) is 2.42. The molecular formula is C11H20O3Si. The molecular weight excluding hydrogens is 208 g/mol. The molecule has 0 fully saturated rings. The van der Waals surface area contributed by atoms with Gasteiger partial charge in [0.2, 0.25) is 0 Å². The normalized spacial score (nSPS) is 10.4. The summed E-state index contributed by atoms with van der Waals surface area (Å²) >= 11 is 0. The highest BCUT2D eigenvalue weighted by Gasteiger charge is 2.08. The first-order valence-electron chi connectivity index (χ1n) is 5.28. The monoisotopic (exact) mass is 228 g/mol. The van der Waals surface area contributed by atoms with Crippen molar-refractivity contribution in [3.63, 3.8) is 0 Å². The van der Waals surface area contributed by atoms with Gasteiger partial charge in [0.15, 0.2) is 0 Å². The van der Waals surface area contributed by atoms with Gasteiger partial charge in [-0.25, -0.2) is 4.79 Å². The molecule has 0 radical (unpaired) electrons. The minimum atomic E-state index is -1.38. The van der Waals surface area contributed by atoms with E-state index in [2.05, 4.69) is 36.0 Å². The molecule has 0 aromatic rings. The lowest BCUT2D eigenvalue weighted by molar-refractivity contribution is -0.271. The van der Waals surface area contributed by atoms with Crippen LogP contribution in [0.5, 0.6) is 0 Å². The molecule has 0 aliphatic carbocycles. The lowest BCUT2D eigenvalue weighted by Gasteiger charge is -2.03. The standard InChI is InChI=1S/C11H20O3Si/c1-5-6-9-13-14-11(12)8-7-10-15(2,3)4/h5-6,8-9H2,1-4H3. The maximum Gasteiger partial charge on any atom is 0.354 e. The van der Waals surface area contributed by atoms with Crippen molar-refractivity contribution in [1.82, 2.24) is 0 Å². The molecule has 0 spiro atoms. The quantitative estimate of drug-likeness (QED) is 0.238. The topological polar surface area (TPSA) is 35.5 Å². The van der Waals surface area contributed by atoms with Gasteiger partial charge in [-0.15, -0.1) is 5.54 Å². The van der Waals surface area contributed by atoms with Crippen LogP contribution < -0.4 is 0 Å². The summed E-state index contributed by atoms with van der Waals surface area (Å²) in [5, 5.41) is 0. The predicted molar refractivity (Wildman–Crippen MR) is 62.7 cm³/mol. The van der Waals surface area contributed by atoms with Gasteiger partial charge in [0.25, 0.3) is 0 Å². The third-order valence-corrected chi connectivity index (χ3v) is 2.36. The van der Waals surface area contributed by atoms with E-state index in [0.717, 1.165) is 12.8 Å². The summed E-state index contributed by atoms with van der Waals surface area (Å²) < 4.78 is 0. The molecule has 0 rings (SSSR count). The van der Waals surface area contributed by atoms with Crippen molar-refractivity contribution in [3.05, 3.63) is 0 Å². The number of carbonyl (C=O) groups excluding carboxylic acids is 1. The Balaban J connectivity index is 3.61. The number of unbranched alkanes of at least 4 members (excludes halogenated alkanes) is 1. The van der Waals surface area contributed by atoms with E-state index in [4.69, 9.17) is 4.89 Å². The van der Waals surface area contributed by atoms with Crippen molar-refractivity contribution in [2.45, 2.75) is 45.8 Å². The summed E-state index contributed by atoms with van der Waals surface area (Å²) in [7, 11) is -1.38. The van der Waals surface area contributed by atoms with Crippen LogP contribution in [0, 0.1) is 11.5 Å². The van der Waals surface area contributed by atoms with Crippen LogP contribution in [0.4, 0.5) is 0 Å². The van der Waals surface area contributed by atoms with Gasteiger partial charge in [0.1, 0.15) is 14.5 Å². The first-order valence-corrected chi connectivity index (χ1v) is 8.78. The van der Waals surface area contributed by atoms with Gasteiger partial charge in [-0.2, -0.15) is 4.89 Å². The fourth-order valence-corrected chi connectivity index (χ4v) is 1.34. The molecule has 0 heterocycles. The van der Waals surface area contributed by atoms with Gasteiger partial charge >= 0.3 is 5.97 Å². The van der Waals surface area contributed by atoms with Crippen LogP contribution in [0.15, 0.2) is 0 Å². The maximum absolute atomic E-state index is 11.1. The molecule has 0 aromatic carbocycles. The molecule has 0 N–H and O–H groups in total. The molecule has 3 nitrogen and oxygen atoms in total. The Morgan fingerprint density at radius 3 is 2.53 bits per heavy atom. The van der Waals surface area contributed by atoms with E-state index in [-0.39, 0.29) is 6.42 Å². The fourth-order valence-electron chi connectivity index (χ4n) is 0.722. The largest absolute Gasteiger partial charge is 0.354 e. The van der Waals surface area contributed by atoms with Gasteiger partial charge in [0.05, 0.1) is 6.61 Å². The van der Waals surface area contributed by atoms with Crippen LogP contribution in [0.25, 0.3) is 0 Å². The number of rotatable bonds is 5. The summed E-state index contributed by atoms with van der Waals surface area (Å²) in [6, 6.07) is 0. The highest BCUT2D eigenvalue weighted by molar-refractivity contribution is 6.83. The van der Waals surface area contributed by atoms with Crippen LogP contribution in [0.3, 0.4) is 0 Å². The zero-order valence-electron chi connectivity index (χ0n) is 10.1. The van der Waals surface area contributed by atoms with Gasteiger partial charge in [-0.05, 0) is 6.42 Å². The molecule has 0 atom stereocenters. The van der Waals surface area contributed by atoms with Gasteiger partial charge in [-0.3, -0.25) is 4.89 Å². The van der Waals surface area contributed by atoms with E-state index in [0.29, 0.717) is 6.61 Å². The Labute approximate surface area is 93.1 Å². The molecule has 0 unspecified atom stereocenters. The molecule has 0 amide bonds. The third-order valence-electron chi connectivity index (χ3n) is 1.43. The lowest BCUT2D eigenvalue weighted by Crippen LogP contribution is -2.16. The van der Waals surface area contributed by atoms with Crippen molar-refractivity contribution in [2.75, 3.05) is 6.61 Å². The van der Waals surface area contributed by atoms with Gasteiger partial charge < -0.3 is 0 Å². The average molecular weight is 228 g/mol. The second-order valence-corrected chi connectivity index (χ2v) is 9.11. The van der Waals surface area contributed by atoms with Gasteiger partial charge in [-0.1, -0.05) is 38.9 Å². The van der Waals surface area contributed by atoms with Crippen LogP contribution in [-0.2, 0) is 14.6 Å². The van der Waals surface area contributed by atoms with Crippen molar-refractivity contribution < 1.29 is 14.6 Å². The first-order chi connectivity index (χ1) is 6.95. The van der Waals surface area contributed by atoms with Crippen molar-refractivity contribution in [3.8, 4) is 11.5 Å². The van der Waals surface area contributed by atoms with Crippen LogP contribution >= 0.6 is 0 Å². The van der Waals surface area contributed by atoms with Crippen LogP contribution in [-0.4, -0.2) is 20.7 Å². The van der Waals surface area contributed by atoms with Crippen molar-refractivity contribution in [2.24, 2.45) is 0 Å². The molecule has 0 aliphatic heterocycles. The van der Waals surface area contributed by atoms with Crippen molar-refractivity contribution >= 4 is 14.0 Å². The van der Waals surface area contributed by atoms with Crippen LogP contribution in [0.2, 0.25) is 19.6 Å². The number of carbonyl (C=O) groups is 1. The minimum absolute atomic E-state index is 0.121. The highest BCUT2D eigenvalue weighted by atomic mass is 28.3. The Bertz CT molecular complexity index is 245. The van der Waals surface area contributed by atoms with E-state index in [9.17, 15) is 4.79 Å². The molecule has 0 saturated carbocycles. The van der Waals surface area contributed by atoms with Crippen molar-refractivity contribution in [1.29, 1.82) is 0 Å². The fraction of sp³-hybridized carbons (Fsp3) is 0.727. The smallest absolute Gasteiger partial charge is 0.297 e. The Kier molecular flexibility index (Phi) is 7.10. The second-order valence-electron chi connectivity index (χ2n) is 4.36. The Morgan fingerprint density at radius 1 is 1.33 bits per heavy atom. The van der Waals surface area contributed by atoms with E-state index in [1.165, 1.54) is 0 Å². The zero-order chi connectivity index (χ0) is 11.7. The molecule has 0 bridgehead atoms. The van der Waals surface area contributed by atoms with Crippen LogP contribution in [0.1, 0.15) is 26.2 Å². The molecule has 4 heteroatoms. The summed E-state index contributed by atoms with van der Waals surface area (Å²) in [6.45, 7) is 8.89. The first kappa shape index (κ1) is 14.2. The predicted octanol–water partition coefficient (Wildman–Crippen LogP) is 2.53. The zero-order valence-corrected chi connectivity index (χ0v) is 11.1. The molecule has 0 aliphatic rings. The Morgan fingerprint density at radius 2 is 2.00 bits per heavy atom. The summed E-state index contributed by atoms with van der Waals surface area (Å²) in [5.41, 5.74) is 3.09. The van der Waals surface area contributed by atoms with E-state index >= 15 is 0 Å². The summed E-state index contributed by atoms with van der Waals surface area (Å²) in [4.78, 5) is 20.3.